The lowest BCUT2D eigenvalue weighted by molar-refractivity contribution is 0.179. The standard InChI is InChI=1S/C12H13NO2/c1-15-11(14)13-8-12(6-7-12)9-4-2-3-5-10(9)13/h2-5H,6-8H2,1H3. The highest BCUT2D eigenvalue weighted by Crippen LogP contribution is 2.56. The largest absolute Gasteiger partial charge is 0.452 e. The summed E-state index contributed by atoms with van der Waals surface area (Å²) >= 11 is 0. The minimum Gasteiger partial charge on any atom is -0.452 e. The van der Waals surface area contributed by atoms with E-state index in [2.05, 4.69) is 6.07 Å². The van der Waals surface area contributed by atoms with Gasteiger partial charge in [0, 0.05) is 12.0 Å². The van der Waals surface area contributed by atoms with Crippen molar-refractivity contribution < 1.29 is 9.53 Å². The van der Waals surface area contributed by atoms with Crippen LogP contribution in [0.2, 0.25) is 0 Å². The molecule has 0 saturated heterocycles. The average molecular weight is 203 g/mol. The molecule has 0 aromatic heterocycles. The van der Waals surface area contributed by atoms with E-state index in [1.165, 1.54) is 25.5 Å². The van der Waals surface area contributed by atoms with Gasteiger partial charge in [-0.2, -0.15) is 0 Å². The van der Waals surface area contributed by atoms with Gasteiger partial charge in [-0.25, -0.2) is 4.79 Å². The number of amides is 1. The zero-order valence-corrected chi connectivity index (χ0v) is 8.69. The Labute approximate surface area is 88.6 Å². The van der Waals surface area contributed by atoms with Gasteiger partial charge >= 0.3 is 6.09 Å². The van der Waals surface area contributed by atoms with E-state index in [-0.39, 0.29) is 11.5 Å². The van der Waals surface area contributed by atoms with Gasteiger partial charge in [0.15, 0.2) is 0 Å². The molecule has 0 radical (unpaired) electrons. The molecule has 1 fully saturated rings. The van der Waals surface area contributed by atoms with E-state index < -0.39 is 0 Å². The van der Waals surface area contributed by atoms with Crippen LogP contribution in [0, 0.1) is 0 Å². The highest BCUT2D eigenvalue weighted by Gasteiger charge is 2.53. The summed E-state index contributed by atoms with van der Waals surface area (Å²) in [6.45, 7) is 0.791. The molecule has 1 spiro atoms. The predicted octanol–water partition coefficient (Wildman–Crippen LogP) is 2.30. The Morgan fingerprint density at radius 1 is 1.40 bits per heavy atom. The van der Waals surface area contributed by atoms with Gasteiger partial charge in [0.05, 0.1) is 12.8 Å². The Hall–Kier alpha value is -1.51. The number of fused-ring (bicyclic) bond motifs is 2. The van der Waals surface area contributed by atoms with E-state index in [9.17, 15) is 4.79 Å². The van der Waals surface area contributed by atoms with Gasteiger partial charge in [-0.1, -0.05) is 18.2 Å². The summed E-state index contributed by atoms with van der Waals surface area (Å²) in [6.07, 6.45) is 2.14. The Bertz CT molecular complexity index is 423. The van der Waals surface area contributed by atoms with Crippen molar-refractivity contribution in [2.45, 2.75) is 18.3 Å². The normalized spacial score (nSPS) is 20.2. The molecular formula is C12H13NO2. The molecule has 3 nitrogen and oxygen atoms in total. The maximum absolute atomic E-state index is 11.6. The van der Waals surface area contributed by atoms with Crippen molar-refractivity contribution in [2.75, 3.05) is 18.6 Å². The summed E-state index contributed by atoms with van der Waals surface area (Å²) in [5.41, 5.74) is 2.60. The number of anilines is 1. The number of carbonyl (C=O) groups excluding carboxylic acids is 1. The molecule has 1 saturated carbocycles. The first-order chi connectivity index (χ1) is 7.27. The lowest BCUT2D eigenvalue weighted by atomic mass is 9.99. The van der Waals surface area contributed by atoms with Crippen LogP contribution >= 0.6 is 0 Å². The molecule has 0 atom stereocenters. The van der Waals surface area contributed by atoms with Crippen molar-refractivity contribution in [3.8, 4) is 0 Å². The van der Waals surface area contributed by atoms with Crippen molar-refractivity contribution >= 4 is 11.8 Å². The number of carbonyl (C=O) groups is 1. The number of hydrogen-bond donors (Lipinski definition) is 0. The predicted molar refractivity (Wildman–Crippen MR) is 57.1 cm³/mol. The molecule has 1 heterocycles. The zero-order chi connectivity index (χ0) is 10.5. The van der Waals surface area contributed by atoms with Crippen molar-refractivity contribution in [2.24, 2.45) is 0 Å². The van der Waals surface area contributed by atoms with Gasteiger partial charge in [0.25, 0.3) is 0 Å². The third-order valence-electron chi connectivity index (χ3n) is 3.48. The smallest absolute Gasteiger partial charge is 0.414 e. The lowest BCUT2D eigenvalue weighted by Gasteiger charge is -2.15. The first kappa shape index (κ1) is 8.77. The monoisotopic (exact) mass is 203 g/mol. The number of benzene rings is 1. The summed E-state index contributed by atoms with van der Waals surface area (Å²) in [5.74, 6) is 0. The molecule has 0 unspecified atom stereocenters. The number of para-hydroxylation sites is 1. The topological polar surface area (TPSA) is 29.5 Å². The maximum atomic E-state index is 11.6. The number of rotatable bonds is 0. The summed E-state index contributed by atoms with van der Waals surface area (Å²) in [5, 5.41) is 0. The third-order valence-corrected chi connectivity index (χ3v) is 3.48. The molecule has 15 heavy (non-hydrogen) atoms. The first-order valence-corrected chi connectivity index (χ1v) is 5.22. The van der Waals surface area contributed by atoms with E-state index in [0.29, 0.717) is 0 Å². The molecule has 1 aromatic rings. The van der Waals surface area contributed by atoms with Gasteiger partial charge in [-0.3, -0.25) is 4.90 Å². The van der Waals surface area contributed by atoms with Crippen LogP contribution in [0.5, 0.6) is 0 Å². The summed E-state index contributed by atoms with van der Waals surface area (Å²) in [4.78, 5) is 13.3. The maximum Gasteiger partial charge on any atom is 0.414 e. The van der Waals surface area contributed by atoms with E-state index in [4.69, 9.17) is 4.74 Å². The van der Waals surface area contributed by atoms with Crippen LogP contribution in [0.15, 0.2) is 24.3 Å². The average Bonchev–Trinajstić information content (AvgIpc) is 2.98. The van der Waals surface area contributed by atoms with Crippen LogP contribution in [0.25, 0.3) is 0 Å². The van der Waals surface area contributed by atoms with Crippen LogP contribution < -0.4 is 4.90 Å². The number of hydrogen-bond acceptors (Lipinski definition) is 2. The molecule has 3 heteroatoms. The molecule has 1 aromatic carbocycles. The zero-order valence-electron chi connectivity index (χ0n) is 8.69. The summed E-state index contributed by atoms with van der Waals surface area (Å²) in [6, 6.07) is 8.14. The molecule has 78 valence electrons. The number of methoxy groups -OCH3 is 1. The first-order valence-electron chi connectivity index (χ1n) is 5.22. The van der Waals surface area contributed by atoms with Crippen molar-refractivity contribution in [3.05, 3.63) is 29.8 Å². The van der Waals surface area contributed by atoms with Gasteiger partial charge in [0.1, 0.15) is 0 Å². The van der Waals surface area contributed by atoms with E-state index in [0.717, 1.165) is 12.2 Å². The Kier molecular flexibility index (Phi) is 1.61. The second-order valence-electron chi connectivity index (χ2n) is 4.35. The second kappa shape index (κ2) is 2.75. The fourth-order valence-electron chi connectivity index (χ4n) is 2.48. The van der Waals surface area contributed by atoms with Crippen LogP contribution in [0.1, 0.15) is 18.4 Å². The molecule has 1 aliphatic carbocycles. The van der Waals surface area contributed by atoms with Crippen molar-refractivity contribution in [1.82, 2.24) is 0 Å². The number of nitrogens with zero attached hydrogens (tertiary/aromatic N) is 1. The highest BCUT2D eigenvalue weighted by atomic mass is 16.5. The third kappa shape index (κ3) is 1.09. The van der Waals surface area contributed by atoms with Crippen LogP contribution in [0.4, 0.5) is 10.5 Å². The molecule has 3 rings (SSSR count). The Balaban J connectivity index is 2.07. The van der Waals surface area contributed by atoms with E-state index in [1.807, 2.05) is 18.2 Å². The molecule has 2 aliphatic rings. The number of ether oxygens (including phenoxy) is 1. The van der Waals surface area contributed by atoms with Crippen molar-refractivity contribution in [3.63, 3.8) is 0 Å². The van der Waals surface area contributed by atoms with E-state index in [1.54, 1.807) is 4.90 Å². The SMILES string of the molecule is COC(=O)N1CC2(CC2)c2ccccc21. The molecule has 1 amide bonds. The minimum absolute atomic E-state index is 0.244. The van der Waals surface area contributed by atoms with Gasteiger partial charge in [-0.15, -0.1) is 0 Å². The minimum atomic E-state index is -0.244. The van der Waals surface area contributed by atoms with Crippen LogP contribution in [-0.2, 0) is 10.2 Å². The van der Waals surface area contributed by atoms with E-state index >= 15 is 0 Å². The van der Waals surface area contributed by atoms with Crippen LogP contribution in [0.3, 0.4) is 0 Å². The fraction of sp³-hybridized carbons (Fsp3) is 0.417. The van der Waals surface area contributed by atoms with Gasteiger partial charge in [-0.05, 0) is 24.5 Å². The van der Waals surface area contributed by atoms with Crippen molar-refractivity contribution in [1.29, 1.82) is 0 Å². The molecule has 0 N–H and O–H groups in total. The lowest BCUT2D eigenvalue weighted by Crippen LogP contribution is -2.31. The van der Waals surface area contributed by atoms with Gasteiger partial charge in [0.2, 0.25) is 0 Å². The fourth-order valence-corrected chi connectivity index (χ4v) is 2.48. The van der Waals surface area contributed by atoms with Crippen LogP contribution in [-0.4, -0.2) is 19.7 Å². The second-order valence-corrected chi connectivity index (χ2v) is 4.35. The summed E-state index contributed by atoms with van der Waals surface area (Å²) < 4.78 is 4.80. The molecule has 0 bridgehead atoms. The Morgan fingerprint density at radius 2 is 2.13 bits per heavy atom. The summed E-state index contributed by atoms with van der Waals surface area (Å²) in [7, 11) is 1.43. The molecule has 1 aliphatic heterocycles. The Morgan fingerprint density at radius 3 is 2.80 bits per heavy atom. The quantitative estimate of drug-likeness (QED) is 0.647. The van der Waals surface area contributed by atoms with Gasteiger partial charge < -0.3 is 4.74 Å². The molecular weight excluding hydrogens is 190 g/mol. The highest BCUT2D eigenvalue weighted by molar-refractivity contribution is 5.91.